The molecule has 0 bridgehead atoms. The molecule has 0 unspecified atom stereocenters. The minimum Gasteiger partial charge on any atom is -0.871 e. The largest absolute Gasteiger partial charge is 1.00 e. The van der Waals surface area contributed by atoms with Gasteiger partial charge < -0.3 is 19.7 Å². The summed E-state index contributed by atoms with van der Waals surface area (Å²) in [6.07, 6.45) is 0. The average molecular weight is 949 g/mol. The molecule has 2 aliphatic rings. The third-order valence-electron chi connectivity index (χ3n) is 5.13. The van der Waals surface area contributed by atoms with Gasteiger partial charge in [-0.05, 0) is 115 Å². The first-order valence-electron chi connectivity index (χ1n) is 8.38. The van der Waals surface area contributed by atoms with Crippen LogP contribution in [0.1, 0.15) is 27.0 Å². The van der Waals surface area contributed by atoms with Gasteiger partial charge in [-0.3, -0.25) is 0 Å². The summed E-state index contributed by atoms with van der Waals surface area (Å²) in [5.41, 5.74) is -0.0866. The van der Waals surface area contributed by atoms with Crippen molar-refractivity contribution in [3.8, 4) is 23.0 Å². The number of benzene rings is 3. The topological polar surface area (TPSA) is 81.7 Å². The molecule has 0 N–H and O–H groups in total. The van der Waals surface area contributed by atoms with E-state index < -0.39 is 11.6 Å². The molecule has 158 valence electrons. The summed E-state index contributed by atoms with van der Waals surface area (Å²) in [5, 5.41) is 25.8. The number of halogens is 6. The maximum absolute atomic E-state index is 13.1. The van der Waals surface area contributed by atoms with E-state index in [2.05, 4.69) is 0 Å². The van der Waals surface area contributed by atoms with Crippen LogP contribution in [0.4, 0.5) is 0 Å². The number of esters is 1. The van der Waals surface area contributed by atoms with Crippen LogP contribution in [0.3, 0.4) is 0 Å². The average Bonchev–Trinajstić information content (AvgIpc) is 3.04. The molecule has 1 spiro atoms. The van der Waals surface area contributed by atoms with Crippen molar-refractivity contribution in [2.75, 3.05) is 0 Å². The molecule has 0 saturated heterocycles. The van der Waals surface area contributed by atoms with E-state index in [1.165, 1.54) is 6.07 Å². The van der Waals surface area contributed by atoms with Gasteiger partial charge in [0.15, 0.2) is 5.60 Å². The molecule has 33 heavy (non-hydrogen) atoms. The molecule has 0 fully saturated rings. The SMILES string of the molecule is O=C1OC2(c3cc(I)c([O-])c(I)c3Oc3c2cc(I)c([O-])c3I)c2c(Cl)ccc(Cl)c21.[Na+].[Na+]. The Labute approximate surface area is 297 Å². The summed E-state index contributed by atoms with van der Waals surface area (Å²) >= 11 is 20.7. The first-order chi connectivity index (χ1) is 14.6. The number of fused-ring (bicyclic) bond motifs is 6. The van der Waals surface area contributed by atoms with E-state index in [4.69, 9.17) is 32.7 Å². The van der Waals surface area contributed by atoms with Crippen LogP contribution in [-0.2, 0) is 10.3 Å². The van der Waals surface area contributed by atoms with Gasteiger partial charge in [0.25, 0.3) is 0 Å². The molecule has 0 radical (unpaired) electrons. The molecule has 2 aliphatic heterocycles. The van der Waals surface area contributed by atoms with Crippen LogP contribution in [0.25, 0.3) is 0 Å². The van der Waals surface area contributed by atoms with Gasteiger partial charge in [-0.2, -0.15) is 0 Å². The Hall–Kier alpha value is 2.03. The van der Waals surface area contributed by atoms with E-state index in [9.17, 15) is 15.0 Å². The zero-order valence-corrected chi connectivity index (χ0v) is 30.8. The van der Waals surface area contributed by atoms with E-state index in [1.54, 1.807) is 18.2 Å². The molecule has 0 saturated carbocycles. The minimum atomic E-state index is -1.52. The van der Waals surface area contributed by atoms with Crippen molar-refractivity contribution < 1.29 is 83.6 Å². The van der Waals surface area contributed by atoms with Crippen molar-refractivity contribution >= 4 is 120 Å². The fourth-order valence-corrected chi connectivity index (χ4v) is 7.96. The zero-order chi connectivity index (χ0) is 22.4. The van der Waals surface area contributed by atoms with Crippen LogP contribution in [-0.4, -0.2) is 5.97 Å². The predicted molar refractivity (Wildman–Crippen MR) is 144 cm³/mol. The molecule has 5 nitrogen and oxygen atoms in total. The van der Waals surface area contributed by atoms with E-state index in [-0.39, 0.29) is 97.7 Å². The molecule has 0 aliphatic carbocycles. The standard InChI is InChI=1S/C20H6Cl2I4O5.2Na/c21-7-1-2-8(22)12-11(7)19(29)31-20(12)5-3-9(23)15(27)13(25)17(5)30-18-6(20)4-10(24)16(28)14(18)26;;/h1-4,27-28H;;/q;2*+1/p-2. The Morgan fingerprint density at radius 3 is 1.76 bits per heavy atom. The molecule has 5 rings (SSSR count). The number of carbonyl (C=O) groups excluding carboxylic acids is 1. The number of ether oxygens (including phenoxy) is 2. The second kappa shape index (κ2) is 10.7. The van der Waals surface area contributed by atoms with Crippen molar-refractivity contribution in [2.45, 2.75) is 5.60 Å². The van der Waals surface area contributed by atoms with Crippen molar-refractivity contribution in [3.05, 3.63) is 70.8 Å². The van der Waals surface area contributed by atoms with Gasteiger partial charge in [-0.25, -0.2) is 4.79 Å². The predicted octanol–water partition coefficient (Wildman–Crippen LogP) is 0.135. The quantitative estimate of drug-likeness (QED) is 0.182. The third kappa shape index (κ3) is 4.31. The fraction of sp³-hybridized carbons (Fsp3) is 0.0500. The molecule has 3 aromatic carbocycles. The summed E-state index contributed by atoms with van der Waals surface area (Å²) in [7, 11) is 0. The number of carbonyl (C=O) groups is 1. The fourth-order valence-electron chi connectivity index (χ4n) is 3.85. The Morgan fingerprint density at radius 2 is 1.27 bits per heavy atom. The third-order valence-corrected chi connectivity index (χ3v) is 9.32. The second-order valence-electron chi connectivity index (χ2n) is 6.71. The normalized spacial score (nSPS) is 14.3. The van der Waals surface area contributed by atoms with Crippen LogP contribution < -0.4 is 74.1 Å². The van der Waals surface area contributed by atoms with Gasteiger partial charge in [-0.15, -0.1) is 0 Å². The van der Waals surface area contributed by atoms with E-state index >= 15 is 0 Å². The minimum absolute atomic E-state index is 0. The number of rotatable bonds is 0. The summed E-state index contributed by atoms with van der Waals surface area (Å²) in [4.78, 5) is 13.1. The molecule has 3 aromatic rings. The first-order valence-corrected chi connectivity index (χ1v) is 13.4. The number of hydrogen-bond donors (Lipinski definition) is 0. The van der Waals surface area contributed by atoms with Gasteiger partial charge in [0.1, 0.15) is 11.5 Å². The Bertz CT molecular complexity index is 1310. The van der Waals surface area contributed by atoms with Crippen molar-refractivity contribution in [1.29, 1.82) is 0 Å². The van der Waals surface area contributed by atoms with Crippen molar-refractivity contribution in [1.82, 2.24) is 0 Å². The molecule has 13 heteroatoms. The second-order valence-corrected chi connectivity index (χ2v) is 12.0. The molecule has 0 aromatic heterocycles. The van der Waals surface area contributed by atoms with E-state index in [0.29, 0.717) is 31.0 Å². The van der Waals surface area contributed by atoms with Crippen LogP contribution >= 0.6 is 114 Å². The number of hydrogen-bond acceptors (Lipinski definition) is 5. The maximum Gasteiger partial charge on any atom is 1.00 e. The van der Waals surface area contributed by atoms with E-state index in [0.717, 1.165) is 0 Å². The van der Waals surface area contributed by atoms with Crippen molar-refractivity contribution in [2.24, 2.45) is 0 Å². The Morgan fingerprint density at radius 1 is 0.818 bits per heavy atom. The van der Waals surface area contributed by atoms with E-state index in [1.807, 2.05) is 90.4 Å². The van der Waals surface area contributed by atoms with Gasteiger partial charge in [-0.1, -0.05) is 34.7 Å². The molecule has 0 amide bonds. The Kier molecular flexibility index (Phi) is 9.55. The maximum atomic E-state index is 13.1. The van der Waals surface area contributed by atoms with Crippen LogP contribution in [0, 0.1) is 14.3 Å². The van der Waals surface area contributed by atoms with Crippen LogP contribution in [0.15, 0.2) is 24.3 Å². The van der Waals surface area contributed by atoms with Gasteiger partial charge >= 0.3 is 65.1 Å². The Balaban J connectivity index is 0.00000153. The summed E-state index contributed by atoms with van der Waals surface area (Å²) in [6.45, 7) is 0. The molecular formula is C20H4Cl2I4Na2O5. The summed E-state index contributed by atoms with van der Waals surface area (Å²) in [6, 6.07) is 6.39. The first kappa shape index (κ1) is 29.6. The molecule has 0 atom stereocenters. The molecule has 2 heterocycles. The summed E-state index contributed by atoms with van der Waals surface area (Å²) in [5.74, 6) is -0.623. The monoisotopic (exact) mass is 948 g/mol. The molecular weight excluding hydrogens is 945 g/mol. The summed E-state index contributed by atoms with van der Waals surface area (Å²) < 4.78 is 13.7. The zero-order valence-electron chi connectivity index (χ0n) is 16.6. The van der Waals surface area contributed by atoms with Crippen LogP contribution in [0.2, 0.25) is 10.0 Å². The van der Waals surface area contributed by atoms with Gasteiger partial charge in [0.2, 0.25) is 0 Å². The van der Waals surface area contributed by atoms with Gasteiger partial charge in [0.05, 0.1) is 10.6 Å². The van der Waals surface area contributed by atoms with Crippen molar-refractivity contribution in [3.63, 3.8) is 0 Å². The van der Waals surface area contributed by atoms with Crippen LogP contribution in [0.5, 0.6) is 23.0 Å². The van der Waals surface area contributed by atoms with Gasteiger partial charge in [0, 0.05) is 36.0 Å². The smallest absolute Gasteiger partial charge is 0.871 e.